The van der Waals surface area contributed by atoms with E-state index in [-0.39, 0.29) is 5.38 Å². The van der Waals surface area contributed by atoms with Crippen molar-refractivity contribution in [2.75, 3.05) is 13.1 Å². The van der Waals surface area contributed by atoms with Gasteiger partial charge in [-0.1, -0.05) is 18.5 Å². The van der Waals surface area contributed by atoms with Crippen molar-refractivity contribution in [1.29, 1.82) is 0 Å². The summed E-state index contributed by atoms with van der Waals surface area (Å²) in [6, 6.07) is 0. The highest BCUT2D eigenvalue weighted by molar-refractivity contribution is 6.31. The number of nitrogens with zero attached hydrogens (tertiary/aromatic N) is 3. The van der Waals surface area contributed by atoms with Crippen molar-refractivity contribution >= 4 is 23.2 Å². The zero-order valence-electron chi connectivity index (χ0n) is 10.6. The Morgan fingerprint density at radius 1 is 1.47 bits per heavy atom. The molecule has 96 valence electrons. The minimum atomic E-state index is 0.247. The van der Waals surface area contributed by atoms with Gasteiger partial charge in [-0.25, -0.2) is 0 Å². The van der Waals surface area contributed by atoms with Crippen LogP contribution in [0.15, 0.2) is 0 Å². The molecule has 0 N–H and O–H groups in total. The molecule has 0 bridgehead atoms. The summed E-state index contributed by atoms with van der Waals surface area (Å²) < 4.78 is 1.87. The summed E-state index contributed by atoms with van der Waals surface area (Å²) in [5, 5.41) is 5.37. The maximum absolute atomic E-state index is 6.32. The van der Waals surface area contributed by atoms with Gasteiger partial charge in [-0.2, -0.15) is 5.10 Å². The molecule has 2 atom stereocenters. The maximum atomic E-state index is 6.32. The van der Waals surface area contributed by atoms with Gasteiger partial charge in [-0.15, -0.1) is 11.6 Å². The molecule has 0 spiro atoms. The highest BCUT2D eigenvalue weighted by Gasteiger charge is 2.25. The normalized spacial score (nSPS) is 26.4. The molecule has 1 aromatic heterocycles. The van der Waals surface area contributed by atoms with Gasteiger partial charge in [0.05, 0.1) is 16.4 Å². The fraction of sp³-hybridized carbons (Fsp3) is 0.750. The molecule has 1 saturated heterocycles. The number of aromatic nitrogens is 2. The quantitative estimate of drug-likeness (QED) is 0.774. The van der Waals surface area contributed by atoms with Crippen molar-refractivity contribution in [3.63, 3.8) is 0 Å². The Bertz CT molecular complexity index is 403. The van der Waals surface area contributed by atoms with E-state index in [0.717, 1.165) is 42.5 Å². The van der Waals surface area contributed by atoms with E-state index in [2.05, 4.69) is 16.9 Å². The van der Waals surface area contributed by atoms with Crippen molar-refractivity contribution in [1.82, 2.24) is 14.7 Å². The molecule has 0 saturated carbocycles. The van der Waals surface area contributed by atoms with Crippen molar-refractivity contribution < 1.29 is 0 Å². The number of hydrogen-bond acceptors (Lipinski definition) is 2. The molecule has 2 unspecified atom stereocenters. The summed E-state index contributed by atoms with van der Waals surface area (Å²) in [5.41, 5.74) is 1.99. The number of alkyl halides is 1. The van der Waals surface area contributed by atoms with Crippen LogP contribution in [0.3, 0.4) is 0 Å². The van der Waals surface area contributed by atoms with Crippen molar-refractivity contribution in [2.24, 2.45) is 13.0 Å². The third kappa shape index (κ3) is 2.78. The molecular formula is C12H19Cl2N3. The number of hydrogen-bond donors (Lipinski definition) is 0. The van der Waals surface area contributed by atoms with Crippen LogP contribution in [0.1, 0.15) is 24.7 Å². The monoisotopic (exact) mass is 275 g/mol. The third-order valence-electron chi connectivity index (χ3n) is 3.59. The largest absolute Gasteiger partial charge is 0.296 e. The molecule has 1 fully saturated rings. The van der Waals surface area contributed by atoms with E-state index >= 15 is 0 Å². The molecule has 0 amide bonds. The molecule has 3 nitrogen and oxygen atoms in total. The molecule has 0 aliphatic carbocycles. The van der Waals surface area contributed by atoms with Gasteiger partial charge in [0.25, 0.3) is 0 Å². The van der Waals surface area contributed by atoms with Crippen molar-refractivity contribution in [3.05, 3.63) is 16.4 Å². The van der Waals surface area contributed by atoms with Gasteiger partial charge in [0.1, 0.15) is 0 Å². The molecular weight excluding hydrogens is 257 g/mol. The zero-order valence-corrected chi connectivity index (χ0v) is 12.1. The molecule has 2 rings (SSSR count). The van der Waals surface area contributed by atoms with E-state index in [1.807, 2.05) is 18.7 Å². The van der Waals surface area contributed by atoms with E-state index in [9.17, 15) is 0 Å². The van der Waals surface area contributed by atoms with Gasteiger partial charge in [0.2, 0.25) is 0 Å². The van der Waals surface area contributed by atoms with Crippen LogP contribution >= 0.6 is 23.2 Å². The average Bonchev–Trinajstić information content (AvgIpc) is 2.50. The van der Waals surface area contributed by atoms with E-state index in [0.29, 0.717) is 5.92 Å². The van der Waals surface area contributed by atoms with Crippen LogP contribution in [-0.4, -0.2) is 33.1 Å². The van der Waals surface area contributed by atoms with E-state index in [1.165, 1.54) is 0 Å². The van der Waals surface area contributed by atoms with E-state index in [1.54, 1.807) is 0 Å². The first-order valence-corrected chi connectivity index (χ1v) is 6.85. The van der Waals surface area contributed by atoms with Gasteiger partial charge in [0.15, 0.2) is 0 Å². The van der Waals surface area contributed by atoms with Crippen LogP contribution in [0, 0.1) is 12.8 Å². The second kappa shape index (κ2) is 5.17. The summed E-state index contributed by atoms with van der Waals surface area (Å²) in [4.78, 5) is 2.36. The standard InChI is InChI=1S/C12H19Cl2N3/c1-8-4-5-17(6-10(8)13)7-11-12(14)9(2)15-16(11)3/h8,10H,4-7H2,1-3H3. The summed E-state index contributed by atoms with van der Waals surface area (Å²) in [5.74, 6) is 0.608. The SMILES string of the molecule is Cc1nn(C)c(CN2CCC(C)C(Cl)C2)c1Cl. The molecule has 1 aliphatic heterocycles. The van der Waals surface area contributed by atoms with E-state index < -0.39 is 0 Å². The Balaban J connectivity index is 2.06. The first-order chi connectivity index (χ1) is 7.99. The first-order valence-electron chi connectivity index (χ1n) is 6.03. The Morgan fingerprint density at radius 2 is 2.18 bits per heavy atom. The number of likely N-dealkylation sites (tertiary alicyclic amines) is 1. The molecule has 0 radical (unpaired) electrons. The third-order valence-corrected chi connectivity index (χ3v) is 4.65. The van der Waals surface area contributed by atoms with Crippen LogP contribution in [-0.2, 0) is 13.6 Å². The molecule has 0 aromatic carbocycles. The van der Waals surface area contributed by atoms with E-state index in [4.69, 9.17) is 23.2 Å². The van der Waals surface area contributed by atoms with Gasteiger partial charge < -0.3 is 0 Å². The average molecular weight is 276 g/mol. The lowest BCUT2D eigenvalue weighted by atomic mass is 9.98. The van der Waals surface area contributed by atoms with Gasteiger partial charge in [-0.05, 0) is 25.8 Å². The lowest BCUT2D eigenvalue weighted by molar-refractivity contribution is 0.185. The van der Waals surface area contributed by atoms with Crippen LogP contribution in [0.25, 0.3) is 0 Å². The fourth-order valence-electron chi connectivity index (χ4n) is 2.29. The Labute approximate surface area is 113 Å². The first kappa shape index (κ1) is 13.2. The van der Waals surface area contributed by atoms with Gasteiger partial charge in [0, 0.05) is 25.5 Å². The van der Waals surface area contributed by atoms with Crippen LogP contribution < -0.4 is 0 Å². The molecule has 1 aromatic rings. The fourth-order valence-corrected chi connectivity index (χ4v) is 2.83. The predicted octanol–water partition coefficient (Wildman–Crippen LogP) is 2.83. The molecule has 2 heterocycles. The van der Waals surface area contributed by atoms with Crippen LogP contribution in [0.2, 0.25) is 5.02 Å². The Kier molecular flexibility index (Phi) is 4.01. The highest BCUT2D eigenvalue weighted by atomic mass is 35.5. The lowest BCUT2D eigenvalue weighted by Crippen LogP contribution is -2.40. The minimum Gasteiger partial charge on any atom is -0.296 e. The summed E-state index contributed by atoms with van der Waals surface area (Å²) in [6.45, 7) is 7.02. The number of piperidine rings is 1. The van der Waals surface area contributed by atoms with Gasteiger partial charge >= 0.3 is 0 Å². The number of halogens is 2. The zero-order chi connectivity index (χ0) is 12.6. The second-order valence-electron chi connectivity index (χ2n) is 4.99. The summed E-state index contributed by atoms with van der Waals surface area (Å²) in [6.07, 6.45) is 1.16. The van der Waals surface area contributed by atoms with Crippen molar-refractivity contribution in [3.8, 4) is 0 Å². The van der Waals surface area contributed by atoms with Gasteiger partial charge in [-0.3, -0.25) is 9.58 Å². The van der Waals surface area contributed by atoms with Crippen LogP contribution in [0.4, 0.5) is 0 Å². The highest BCUT2D eigenvalue weighted by Crippen LogP contribution is 2.26. The van der Waals surface area contributed by atoms with Crippen LogP contribution in [0.5, 0.6) is 0 Å². The number of rotatable bonds is 2. The number of aryl methyl sites for hydroxylation is 2. The Morgan fingerprint density at radius 3 is 2.71 bits per heavy atom. The second-order valence-corrected chi connectivity index (χ2v) is 5.93. The molecule has 1 aliphatic rings. The Hall–Kier alpha value is -0.250. The molecule has 5 heteroatoms. The topological polar surface area (TPSA) is 21.1 Å². The van der Waals surface area contributed by atoms with Crippen molar-refractivity contribution in [2.45, 2.75) is 32.2 Å². The predicted molar refractivity (Wildman–Crippen MR) is 71.7 cm³/mol. The lowest BCUT2D eigenvalue weighted by Gasteiger charge is -2.33. The smallest absolute Gasteiger partial charge is 0.0860 e. The maximum Gasteiger partial charge on any atom is 0.0860 e. The minimum absolute atomic E-state index is 0.247. The summed E-state index contributed by atoms with van der Waals surface area (Å²) in [7, 11) is 1.94. The summed E-state index contributed by atoms with van der Waals surface area (Å²) >= 11 is 12.6. The molecule has 17 heavy (non-hydrogen) atoms.